The monoisotopic (exact) mass is 999 g/mol. The molecule has 3 aromatic carbocycles. The number of allylic oxidation sites excluding steroid dienone is 1. The molecule has 8 aromatic rings. The van der Waals surface area contributed by atoms with E-state index in [1.807, 2.05) is 57.1 Å². The Bertz CT molecular complexity index is 3030. The van der Waals surface area contributed by atoms with E-state index in [1.54, 1.807) is 16.2 Å². The number of thioether (sulfide) groups is 1. The van der Waals surface area contributed by atoms with Crippen LogP contribution in [0.25, 0.3) is 55.4 Å². The zero-order valence-corrected chi connectivity index (χ0v) is 45.3. The minimum Gasteiger partial charge on any atom is -0.369 e. The number of unbranched alkanes of at least 4 members (excludes halogenated alkanes) is 2. The molecule has 1 aliphatic rings. The Labute approximate surface area is 423 Å². The highest BCUT2D eigenvalue weighted by Crippen LogP contribution is 2.59. The number of amides is 1. The summed E-state index contributed by atoms with van der Waals surface area (Å²) in [5.41, 5.74) is 5.84. The highest BCUT2D eigenvalue weighted by Gasteiger charge is 2.44. The Hall–Kier alpha value is -3.54. The number of hydrogen-bond acceptors (Lipinski definition) is 8. The van der Waals surface area contributed by atoms with Crippen molar-refractivity contribution in [2.45, 2.75) is 130 Å². The van der Waals surface area contributed by atoms with E-state index in [4.69, 9.17) is 0 Å². The lowest BCUT2D eigenvalue weighted by molar-refractivity contribution is 0.0177. The number of nitrogens with zero attached hydrogens (tertiary/aromatic N) is 1. The number of aliphatic hydroxyl groups excluding tert-OH is 1. The molecular formula is C58H65NO2S6. The molecule has 1 N–H and O–H groups in total. The molecule has 0 fully saturated rings. The van der Waals surface area contributed by atoms with E-state index in [1.165, 1.54) is 102 Å². The van der Waals surface area contributed by atoms with E-state index in [2.05, 4.69) is 146 Å². The van der Waals surface area contributed by atoms with Crippen molar-refractivity contribution in [1.29, 1.82) is 0 Å². The van der Waals surface area contributed by atoms with Crippen LogP contribution in [0.2, 0.25) is 0 Å². The average Bonchev–Trinajstić information content (AvgIpc) is 4.22. The maximum Gasteiger partial charge on any atom is 0.266 e. The van der Waals surface area contributed by atoms with Gasteiger partial charge in [0.15, 0.2) is 6.23 Å². The summed E-state index contributed by atoms with van der Waals surface area (Å²) < 4.78 is 3.85. The zero-order valence-electron chi connectivity index (χ0n) is 40.4. The maximum absolute atomic E-state index is 14.3. The summed E-state index contributed by atoms with van der Waals surface area (Å²) in [6.07, 6.45) is 14.6. The molecule has 5 aromatic heterocycles. The Kier molecular flexibility index (Phi) is 15.1. The molecule has 1 aliphatic heterocycles. The Morgan fingerprint density at radius 1 is 0.806 bits per heavy atom. The molecule has 9 rings (SSSR count). The van der Waals surface area contributed by atoms with Crippen molar-refractivity contribution in [2.75, 3.05) is 12.8 Å². The smallest absolute Gasteiger partial charge is 0.266 e. The van der Waals surface area contributed by atoms with E-state index in [9.17, 15) is 9.90 Å². The molecule has 0 saturated heterocycles. The Morgan fingerprint density at radius 3 is 2.24 bits per heavy atom. The lowest BCUT2D eigenvalue weighted by Gasteiger charge is -2.30. The van der Waals surface area contributed by atoms with Gasteiger partial charge in [0.1, 0.15) is 4.88 Å². The first-order chi connectivity index (χ1) is 32.6. The van der Waals surface area contributed by atoms with Gasteiger partial charge in [0, 0.05) is 89.4 Å². The van der Waals surface area contributed by atoms with Crippen LogP contribution in [0, 0.1) is 5.92 Å². The molecular weight excluding hydrogens is 935 g/mol. The molecule has 0 spiro atoms. The molecule has 67 heavy (non-hydrogen) atoms. The Morgan fingerprint density at radius 2 is 1.55 bits per heavy atom. The maximum atomic E-state index is 14.3. The third-order valence-electron chi connectivity index (χ3n) is 14.2. The number of carbonyl (C=O) groups is 1. The van der Waals surface area contributed by atoms with Gasteiger partial charge < -0.3 is 10.0 Å². The predicted octanol–water partition coefficient (Wildman–Crippen LogP) is 19.2. The number of hydrogen-bond donors (Lipinski definition) is 1. The van der Waals surface area contributed by atoms with Crippen molar-refractivity contribution < 1.29 is 9.90 Å². The van der Waals surface area contributed by atoms with Crippen LogP contribution in [-0.2, 0) is 11.8 Å². The van der Waals surface area contributed by atoms with Gasteiger partial charge in [-0.1, -0.05) is 154 Å². The summed E-state index contributed by atoms with van der Waals surface area (Å²) in [5, 5.41) is 16.0. The summed E-state index contributed by atoms with van der Waals surface area (Å²) in [6.45, 7) is 16.7. The number of thiophene rings is 5. The summed E-state index contributed by atoms with van der Waals surface area (Å²) in [6, 6.07) is 31.8. The van der Waals surface area contributed by atoms with Gasteiger partial charge in [-0.05, 0) is 73.2 Å². The van der Waals surface area contributed by atoms with Gasteiger partial charge in [-0.2, -0.15) is 0 Å². The number of fused-ring (bicyclic) bond motifs is 5. The van der Waals surface area contributed by atoms with E-state index >= 15 is 0 Å². The molecule has 350 valence electrons. The zero-order chi connectivity index (χ0) is 47.0. The van der Waals surface area contributed by atoms with E-state index in [0.717, 1.165) is 54.2 Å². The van der Waals surface area contributed by atoms with Gasteiger partial charge in [0.25, 0.3) is 5.91 Å². The minimum absolute atomic E-state index is 0.0273. The van der Waals surface area contributed by atoms with Crippen molar-refractivity contribution in [1.82, 2.24) is 4.90 Å². The van der Waals surface area contributed by atoms with Crippen LogP contribution >= 0.6 is 68.4 Å². The molecule has 0 aliphatic carbocycles. The first-order valence-corrected chi connectivity index (χ1v) is 30.0. The molecule has 0 bridgehead atoms. The third-order valence-corrected chi connectivity index (χ3v) is 21.6. The lowest BCUT2D eigenvalue weighted by Crippen LogP contribution is -2.29. The van der Waals surface area contributed by atoms with Gasteiger partial charge in [0.05, 0.1) is 9.58 Å². The second-order valence-electron chi connectivity index (χ2n) is 18.7. The lowest BCUT2D eigenvalue weighted by atomic mass is 9.76. The number of benzene rings is 3. The Balaban J connectivity index is 1.33. The SMILES string of the molecule is CC/C=C(\SC)c1c2cc(C(C)c3ccccc3)sc2c(-c2ccc(CC(CC)CCCC)s2)c2cc(-c3sc(C(C)(CCC)c4ccccc4)c4c5c(sc34)C(=O)N(CCCC)C5O)sc12. The molecule has 3 nitrogen and oxygen atoms in total. The summed E-state index contributed by atoms with van der Waals surface area (Å²) in [7, 11) is 0. The highest BCUT2D eigenvalue weighted by molar-refractivity contribution is 8.07. The normalized spacial score (nSPS) is 16.2. The van der Waals surface area contributed by atoms with Gasteiger partial charge in [-0.15, -0.1) is 68.4 Å². The average molecular weight is 1000 g/mol. The van der Waals surface area contributed by atoms with E-state index < -0.39 is 6.23 Å². The molecule has 0 saturated carbocycles. The second-order valence-corrected chi connectivity index (χ2v) is 24.9. The minimum atomic E-state index is -0.948. The van der Waals surface area contributed by atoms with E-state index in [-0.39, 0.29) is 17.2 Å². The molecule has 6 heterocycles. The van der Waals surface area contributed by atoms with Crippen LogP contribution in [0.15, 0.2) is 91.0 Å². The van der Waals surface area contributed by atoms with Gasteiger partial charge in [0.2, 0.25) is 0 Å². The van der Waals surface area contributed by atoms with Gasteiger partial charge in [-0.25, -0.2) is 0 Å². The first kappa shape index (κ1) is 48.5. The van der Waals surface area contributed by atoms with Crippen molar-refractivity contribution in [3.8, 4) is 20.2 Å². The molecule has 9 heteroatoms. The van der Waals surface area contributed by atoms with Crippen LogP contribution in [0.4, 0.5) is 0 Å². The van der Waals surface area contributed by atoms with Crippen molar-refractivity contribution in [3.05, 3.63) is 133 Å². The van der Waals surface area contributed by atoms with Gasteiger partial charge >= 0.3 is 0 Å². The van der Waals surface area contributed by atoms with Crippen molar-refractivity contribution in [3.63, 3.8) is 0 Å². The quantitative estimate of drug-likeness (QED) is 0.0827. The molecule has 4 atom stereocenters. The fraction of sp³-hybridized carbons (Fsp3) is 0.397. The van der Waals surface area contributed by atoms with Crippen LogP contribution in [0.3, 0.4) is 0 Å². The number of aliphatic hydroxyl groups is 1. The fourth-order valence-electron chi connectivity index (χ4n) is 10.5. The largest absolute Gasteiger partial charge is 0.369 e. The topological polar surface area (TPSA) is 40.5 Å². The summed E-state index contributed by atoms with van der Waals surface area (Å²) >= 11 is 11.3. The summed E-state index contributed by atoms with van der Waals surface area (Å²) in [5.74, 6) is 0.937. The standard InChI is InChI=1S/C58H65NO2S6/c1-9-14-23-36(13-5)32-39-28-29-43(63-39)47-41-34-45(65-50(41)46(42(62-8)22-11-3)40-33-44(64-51(40)47)35(6)37-24-18-16-19-25-37)52-53-48(49-54(66-53)57(61)59(56(49)60)31-15-10-2)55(67-52)58(7,30-12-4)38-26-20-17-21-27-38/h16-22,24-29,33-36,56,60H,9-15,23,30-32H2,1-8H3/b42-22-. The summed E-state index contributed by atoms with van der Waals surface area (Å²) in [4.78, 5) is 26.0. The van der Waals surface area contributed by atoms with E-state index in [0.29, 0.717) is 17.3 Å². The molecule has 4 unspecified atom stereocenters. The van der Waals surface area contributed by atoms with Crippen molar-refractivity contribution in [2.24, 2.45) is 5.92 Å². The van der Waals surface area contributed by atoms with Crippen LogP contribution in [0.1, 0.15) is 165 Å². The van der Waals surface area contributed by atoms with Crippen LogP contribution in [0.5, 0.6) is 0 Å². The third kappa shape index (κ3) is 8.87. The fourth-order valence-corrected chi connectivity index (χ4v) is 18.2. The highest BCUT2D eigenvalue weighted by atomic mass is 32.2. The van der Waals surface area contributed by atoms with Crippen molar-refractivity contribution >= 4 is 110 Å². The number of carbonyl (C=O) groups excluding carboxylic acids is 1. The molecule has 1 amide bonds. The van der Waals surface area contributed by atoms with Crippen LogP contribution < -0.4 is 0 Å². The number of rotatable bonds is 20. The van der Waals surface area contributed by atoms with Crippen LogP contribution in [-0.4, -0.2) is 28.7 Å². The first-order valence-electron chi connectivity index (χ1n) is 24.7. The second kappa shape index (κ2) is 20.8. The predicted molar refractivity (Wildman–Crippen MR) is 301 cm³/mol. The molecule has 0 radical (unpaired) electrons. The van der Waals surface area contributed by atoms with Gasteiger partial charge in [-0.3, -0.25) is 4.79 Å².